The maximum atomic E-state index is 14.2. The smallest absolute Gasteiger partial charge is 0.317 e. The van der Waals surface area contributed by atoms with Gasteiger partial charge in [0, 0.05) is 18.2 Å². The van der Waals surface area contributed by atoms with Gasteiger partial charge in [0.25, 0.3) is 0 Å². The molecule has 1 aromatic rings. The fraction of sp³-hybridized carbons (Fsp3) is 0.652. The van der Waals surface area contributed by atoms with Crippen LogP contribution in [-0.2, 0) is 9.59 Å². The van der Waals surface area contributed by atoms with E-state index in [4.69, 9.17) is 9.47 Å². The lowest BCUT2D eigenvalue weighted by molar-refractivity contribution is -0.159. The number of carbonyl (C=O) groups excluding carboxylic acids is 2. The molecule has 8 atom stereocenters. The number of fused-ring (bicyclic) bond motifs is 6. The number of hydrogen-bond acceptors (Lipinski definition) is 5. The Balaban J connectivity index is 1.09. The van der Waals surface area contributed by atoms with Crippen molar-refractivity contribution in [2.24, 2.45) is 57.2 Å². The van der Waals surface area contributed by atoms with E-state index in [-0.39, 0.29) is 51.9 Å². The van der Waals surface area contributed by atoms with Crippen LogP contribution in [0.25, 0.3) is 0 Å². The number of allylic oxidation sites excluding steroid dienone is 8. The van der Waals surface area contributed by atoms with Gasteiger partial charge in [-0.25, -0.2) is 0 Å². The summed E-state index contributed by atoms with van der Waals surface area (Å²) in [6, 6.07) is 4.55. The van der Waals surface area contributed by atoms with Crippen molar-refractivity contribution >= 4 is 11.9 Å². The maximum absolute atomic E-state index is 14.2. The van der Waals surface area contributed by atoms with E-state index in [9.17, 15) is 14.7 Å². The highest BCUT2D eigenvalue weighted by molar-refractivity contribution is 5.81. The van der Waals surface area contributed by atoms with Gasteiger partial charge in [-0.15, -0.1) is 0 Å². The molecule has 276 valence electrons. The van der Waals surface area contributed by atoms with Gasteiger partial charge in [0.05, 0.1) is 10.8 Å². The van der Waals surface area contributed by atoms with Crippen LogP contribution >= 0.6 is 0 Å². The molecule has 5 nitrogen and oxygen atoms in total. The molecule has 51 heavy (non-hydrogen) atoms. The lowest BCUT2D eigenvalue weighted by Gasteiger charge is -2.57. The van der Waals surface area contributed by atoms with Crippen LogP contribution in [-0.4, -0.2) is 17.0 Å². The van der Waals surface area contributed by atoms with E-state index >= 15 is 0 Å². The number of phenols is 1. The highest BCUT2D eigenvalue weighted by atomic mass is 16.5. The first kappa shape index (κ1) is 36.3. The van der Waals surface area contributed by atoms with Crippen LogP contribution in [0.5, 0.6) is 17.2 Å². The first-order valence-corrected chi connectivity index (χ1v) is 20.2. The normalized spacial score (nSPS) is 37.5. The second-order valence-electron chi connectivity index (χ2n) is 18.9. The lowest BCUT2D eigenvalue weighted by Crippen LogP contribution is -2.54. The number of aromatic hydroxyl groups is 1. The van der Waals surface area contributed by atoms with Crippen molar-refractivity contribution in [3.63, 3.8) is 0 Å². The summed E-state index contributed by atoms with van der Waals surface area (Å²) in [6.07, 6.45) is 21.7. The predicted molar refractivity (Wildman–Crippen MR) is 203 cm³/mol. The number of carbonyl (C=O) groups is 2. The van der Waals surface area contributed by atoms with E-state index in [1.165, 1.54) is 34.4 Å². The van der Waals surface area contributed by atoms with Crippen molar-refractivity contribution in [2.45, 2.75) is 132 Å². The van der Waals surface area contributed by atoms with Crippen molar-refractivity contribution in [1.29, 1.82) is 0 Å². The molecule has 0 heterocycles. The minimum atomic E-state index is -0.656. The summed E-state index contributed by atoms with van der Waals surface area (Å²) in [5, 5.41) is 10.8. The van der Waals surface area contributed by atoms with Crippen LogP contribution in [0.15, 0.2) is 64.8 Å². The molecule has 2 saturated carbocycles. The van der Waals surface area contributed by atoms with Crippen molar-refractivity contribution in [2.75, 3.05) is 0 Å². The van der Waals surface area contributed by atoms with Gasteiger partial charge < -0.3 is 14.6 Å². The summed E-state index contributed by atoms with van der Waals surface area (Å²) in [4.78, 5) is 28.5. The number of ether oxygens (including phenoxy) is 2. The quantitative estimate of drug-likeness (QED) is 0.237. The number of esters is 2. The highest BCUT2D eigenvalue weighted by Gasteiger charge is 2.59. The summed E-state index contributed by atoms with van der Waals surface area (Å²) in [5.41, 5.74) is 4.75. The molecule has 1 aromatic carbocycles. The Morgan fingerprint density at radius 3 is 1.47 bits per heavy atom. The van der Waals surface area contributed by atoms with E-state index in [1.54, 1.807) is 6.07 Å². The van der Waals surface area contributed by atoms with Gasteiger partial charge >= 0.3 is 11.9 Å². The average molecular weight is 695 g/mol. The molecule has 0 bridgehead atoms. The fourth-order valence-electron chi connectivity index (χ4n) is 12.3. The summed E-state index contributed by atoms with van der Waals surface area (Å²) < 4.78 is 12.3. The first-order valence-electron chi connectivity index (χ1n) is 20.2. The number of benzene rings is 1. The van der Waals surface area contributed by atoms with Gasteiger partial charge in [-0.1, -0.05) is 89.8 Å². The van der Waals surface area contributed by atoms with Gasteiger partial charge in [0.2, 0.25) is 0 Å². The van der Waals surface area contributed by atoms with Crippen LogP contribution in [0.3, 0.4) is 0 Å². The molecule has 0 aliphatic heterocycles. The Labute approximate surface area is 307 Å². The zero-order chi connectivity index (χ0) is 36.5. The van der Waals surface area contributed by atoms with Crippen LogP contribution in [0.2, 0.25) is 0 Å². The van der Waals surface area contributed by atoms with E-state index in [0.717, 1.165) is 77.0 Å². The second-order valence-corrected chi connectivity index (χ2v) is 18.9. The zero-order valence-corrected chi connectivity index (χ0v) is 32.6. The lowest BCUT2D eigenvalue weighted by atomic mass is 9.47. The minimum absolute atomic E-state index is 0.0261. The van der Waals surface area contributed by atoms with E-state index < -0.39 is 10.8 Å². The Morgan fingerprint density at radius 1 is 0.667 bits per heavy atom. The predicted octanol–water partition coefficient (Wildman–Crippen LogP) is 11.5. The third-order valence-corrected chi connectivity index (χ3v) is 15.4. The average Bonchev–Trinajstić information content (AvgIpc) is 3.07. The number of rotatable bonds is 6. The molecule has 6 aliphatic carbocycles. The molecule has 0 aromatic heterocycles. The summed E-state index contributed by atoms with van der Waals surface area (Å²) in [5.74, 6) is 2.24. The third kappa shape index (κ3) is 6.07. The molecule has 0 saturated heterocycles. The van der Waals surface area contributed by atoms with Crippen molar-refractivity contribution in [1.82, 2.24) is 0 Å². The van der Waals surface area contributed by atoms with Crippen molar-refractivity contribution in [3.8, 4) is 17.2 Å². The Morgan fingerprint density at radius 2 is 1.08 bits per heavy atom. The SMILES string of the molecule is CC(C)C1=CC2=CCC3[C@](C)(CCC[C@]3(C)C(=O)Oc3cc(O)cc(OC(=O)[C@@]4(C)CCC[C@@]5(C)C4CC=C4C=C(C(C)C)CC[C@H]45)c3)[C@@H]2CC1. The van der Waals surface area contributed by atoms with E-state index in [1.807, 2.05) is 0 Å². The van der Waals surface area contributed by atoms with Crippen molar-refractivity contribution < 1.29 is 24.2 Å². The molecule has 6 aliphatic rings. The molecule has 1 N–H and O–H groups in total. The molecule has 0 radical (unpaired) electrons. The number of phenolic OH excluding ortho intramolecular Hbond substituents is 1. The summed E-state index contributed by atoms with van der Waals surface area (Å²) >= 11 is 0. The molecule has 5 heteroatoms. The van der Waals surface area contributed by atoms with Crippen molar-refractivity contribution in [3.05, 3.63) is 64.8 Å². The minimum Gasteiger partial charge on any atom is -0.508 e. The van der Waals surface area contributed by atoms with Gasteiger partial charge in [-0.05, 0) is 136 Å². The van der Waals surface area contributed by atoms with Gasteiger partial charge in [0.15, 0.2) is 0 Å². The van der Waals surface area contributed by atoms with E-state index in [0.29, 0.717) is 23.7 Å². The van der Waals surface area contributed by atoms with Gasteiger partial charge in [-0.3, -0.25) is 9.59 Å². The van der Waals surface area contributed by atoms with Crippen LogP contribution < -0.4 is 9.47 Å². The first-order chi connectivity index (χ1) is 24.1. The molecule has 0 spiro atoms. The topological polar surface area (TPSA) is 72.8 Å². The molecular formula is C46H62O5. The highest BCUT2D eigenvalue weighted by Crippen LogP contribution is 2.64. The molecular weight excluding hydrogens is 633 g/mol. The van der Waals surface area contributed by atoms with Crippen LogP contribution in [0, 0.1) is 57.2 Å². The Bertz CT molecular complexity index is 1590. The van der Waals surface area contributed by atoms with Crippen LogP contribution in [0.4, 0.5) is 0 Å². The summed E-state index contributed by atoms with van der Waals surface area (Å²) in [7, 11) is 0. The standard InChI is InChI=1S/C46H62O5/c1-28(2)30-11-15-37-32(23-30)13-17-39-43(37,5)19-9-21-45(39,7)41(48)50-35-25-34(47)26-36(27-35)51-42(49)46(8)22-10-20-44(6)38-16-12-31(29(3)4)24-33(38)14-18-40(44)46/h13-14,23-29,37-40,47H,9-12,15-22H2,1-8H3/t37-,38-,39?,40?,43-,44-,45+,46+/m1/s1. The molecule has 0 amide bonds. The maximum Gasteiger partial charge on any atom is 0.317 e. The fourth-order valence-corrected chi connectivity index (χ4v) is 12.3. The van der Waals surface area contributed by atoms with E-state index in [2.05, 4.69) is 79.7 Å². The molecule has 7 rings (SSSR count). The summed E-state index contributed by atoms with van der Waals surface area (Å²) in [6.45, 7) is 18.1. The van der Waals surface area contributed by atoms with Gasteiger partial charge in [0.1, 0.15) is 17.2 Å². The molecule has 2 unspecified atom stereocenters. The number of hydrogen-bond donors (Lipinski definition) is 1. The Hall–Kier alpha value is -3.08. The molecule has 2 fully saturated rings. The zero-order valence-electron chi connectivity index (χ0n) is 32.6. The largest absolute Gasteiger partial charge is 0.508 e. The third-order valence-electron chi connectivity index (χ3n) is 15.4. The van der Waals surface area contributed by atoms with Crippen LogP contribution in [0.1, 0.15) is 132 Å². The second kappa shape index (κ2) is 13.1. The Kier molecular flexibility index (Phi) is 9.32. The monoisotopic (exact) mass is 694 g/mol. The van der Waals surface area contributed by atoms with Gasteiger partial charge in [-0.2, -0.15) is 0 Å².